The van der Waals surface area contributed by atoms with E-state index in [0.29, 0.717) is 59.6 Å². The van der Waals surface area contributed by atoms with Crippen molar-refractivity contribution in [3.8, 4) is 11.5 Å². The Morgan fingerprint density at radius 3 is 2.58 bits per heavy atom. The van der Waals surface area contributed by atoms with Crippen LogP contribution >= 0.6 is 0 Å². The third-order valence-corrected chi connectivity index (χ3v) is 5.23. The van der Waals surface area contributed by atoms with E-state index in [1.807, 2.05) is 0 Å². The summed E-state index contributed by atoms with van der Waals surface area (Å²) in [7, 11) is 3.16. The SMILES string of the molecule is COCCOc1cc(OCCOC)c2c(Nc3cc(CC(=O)Nc4cccc(F)c4F)[nH]n3)ncnc2c1. The summed E-state index contributed by atoms with van der Waals surface area (Å²) >= 11 is 0. The highest BCUT2D eigenvalue weighted by molar-refractivity contribution is 5.96. The number of methoxy groups -OCH3 is 2. The first kappa shape index (κ1) is 26.7. The van der Waals surface area contributed by atoms with Gasteiger partial charge < -0.3 is 29.6 Å². The fourth-order valence-corrected chi connectivity index (χ4v) is 3.50. The predicted octanol–water partition coefficient (Wildman–Crippen LogP) is 3.61. The molecule has 0 bridgehead atoms. The van der Waals surface area contributed by atoms with Crippen LogP contribution in [0.2, 0.25) is 0 Å². The van der Waals surface area contributed by atoms with E-state index in [4.69, 9.17) is 18.9 Å². The number of rotatable bonds is 13. The van der Waals surface area contributed by atoms with Crippen LogP contribution in [0.25, 0.3) is 10.9 Å². The van der Waals surface area contributed by atoms with Gasteiger partial charge in [0, 0.05) is 38.1 Å². The third kappa shape index (κ3) is 6.69. The van der Waals surface area contributed by atoms with Gasteiger partial charge in [0.2, 0.25) is 5.91 Å². The van der Waals surface area contributed by atoms with E-state index < -0.39 is 17.5 Å². The van der Waals surface area contributed by atoms with Crippen LogP contribution in [-0.4, -0.2) is 66.7 Å². The van der Waals surface area contributed by atoms with Gasteiger partial charge in [-0.1, -0.05) is 6.07 Å². The lowest BCUT2D eigenvalue weighted by Gasteiger charge is -2.14. The Kier molecular flexibility index (Phi) is 8.95. The fraction of sp³-hybridized carbons (Fsp3) is 0.280. The summed E-state index contributed by atoms with van der Waals surface area (Å²) in [6.45, 7) is 1.43. The number of fused-ring (bicyclic) bond motifs is 1. The number of carbonyl (C=O) groups excluding carboxylic acids is 1. The van der Waals surface area contributed by atoms with E-state index in [-0.39, 0.29) is 18.7 Å². The molecule has 0 spiro atoms. The molecule has 2 aromatic carbocycles. The molecule has 38 heavy (non-hydrogen) atoms. The normalized spacial score (nSPS) is 10.9. The number of nitrogens with one attached hydrogen (secondary N) is 3. The summed E-state index contributed by atoms with van der Waals surface area (Å²) in [5.74, 6) is -0.918. The lowest BCUT2D eigenvalue weighted by atomic mass is 10.2. The number of hydrogen-bond donors (Lipinski definition) is 3. The third-order valence-electron chi connectivity index (χ3n) is 5.23. The highest BCUT2D eigenvalue weighted by Crippen LogP contribution is 2.35. The van der Waals surface area contributed by atoms with Crippen molar-refractivity contribution in [3.05, 3.63) is 60.1 Å². The minimum absolute atomic E-state index is 0.150. The summed E-state index contributed by atoms with van der Waals surface area (Å²) in [4.78, 5) is 21.0. The van der Waals surface area contributed by atoms with E-state index in [1.54, 1.807) is 32.4 Å². The van der Waals surface area contributed by atoms with Crippen molar-refractivity contribution in [1.29, 1.82) is 0 Å². The smallest absolute Gasteiger partial charge is 0.230 e. The summed E-state index contributed by atoms with van der Waals surface area (Å²) in [6, 6.07) is 8.64. The number of aromatic amines is 1. The molecule has 0 aliphatic rings. The van der Waals surface area contributed by atoms with Crippen LogP contribution < -0.4 is 20.1 Å². The number of ether oxygens (including phenoxy) is 4. The largest absolute Gasteiger partial charge is 0.491 e. The van der Waals surface area contributed by atoms with Crippen LogP contribution in [0, 0.1) is 11.6 Å². The van der Waals surface area contributed by atoms with Crippen molar-refractivity contribution in [2.45, 2.75) is 6.42 Å². The van der Waals surface area contributed by atoms with Gasteiger partial charge in [0.25, 0.3) is 0 Å². The molecule has 200 valence electrons. The monoisotopic (exact) mass is 528 g/mol. The molecular formula is C25H26F2N6O5. The van der Waals surface area contributed by atoms with Crippen molar-refractivity contribution >= 4 is 34.1 Å². The molecule has 4 aromatic rings. The van der Waals surface area contributed by atoms with E-state index >= 15 is 0 Å². The zero-order valence-electron chi connectivity index (χ0n) is 20.7. The average molecular weight is 529 g/mol. The van der Waals surface area contributed by atoms with Crippen LogP contribution in [-0.2, 0) is 20.7 Å². The summed E-state index contributed by atoms with van der Waals surface area (Å²) in [5.41, 5.74) is 0.759. The number of amides is 1. The van der Waals surface area contributed by atoms with Crippen molar-refractivity contribution < 1.29 is 32.5 Å². The van der Waals surface area contributed by atoms with Crippen LogP contribution in [0.15, 0.2) is 42.7 Å². The van der Waals surface area contributed by atoms with E-state index in [2.05, 4.69) is 30.8 Å². The number of anilines is 3. The molecule has 0 aliphatic carbocycles. The van der Waals surface area contributed by atoms with Crippen molar-refractivity contribution in [2.24, 2.45) is 0 Å². The van der Waals surface area contributed by atoms with Crippen molar-refractivity contribution in [1.82, 2.24) is 20.2 Å². The van der Waals surface area contributed by atoms with E-state index in [1.165, 1.54) is 18.5 Å². The number of benzene rings is 2. The first-order chi connectivity index (χ1) is 18.5. The summed E-state index contributed by atoms with van der Waals surface area (Å²) in [5, 5.41) is 13.0. The molecule has 13 heteroatoms. The second kappa shape index (κ2) is 12.7. The molecular weight excluding hydrogens is 502 g/mol. The summed E-state index contributed by atoms with van der Waals surface area (Å²) < 4.78 is 49.0. The average Bonchev–Trinajstić information content (AvgIpc) is 3.33. The molecule has 0 saturated heterocycles. The maximum absolute atomic E-state index is 13.8. The molecule has 0 aliphatic heterocycles. The highest BCUT2D eigenvalue weighted by atomic mass is 19.2. The molecule has 0 saturated carbocycles. The number of nitrogens with zero attached hydrogens (tertiary/aromatic N) is 3. The second-order valence-corrected chi connectivity index (χ2v) is 7.95. The van der Waals surface area contributed by atoms with Gasteiger partial charge in [0.15, 0.2) is 17.5 Å². The number of halogens is 2. The Morgan fingerprint density at radius 1 is 1.00 bits per heavy atom. The molecule has 1 amide bonds. The molecule has 0 atom stereocenters. The Bertz CT molecular complexity index is 1400. The first-order valence-corrected chi connectivity index (χ1v) is 11.6. The topological polar surface area (TPSA) is 133 Å². The molecule has 2 aromatic heterocycles. The van der Waals surface area contributed by atoms with Gasteiger partial charge in [0.05, 0.1) is 36.2 Å². The van der Waals surface area contributed by atoms with Crippen LogP contribution in [0.5, 0.6) is 11.5 Å². The molecule has 0 unspecified atom stereocenters. The minimum Gasteiger partial charge on any atom is -0.491 e. The Balaban J connectivity index is 1.52. The second-order valence-electron chi connectivity index (χ2n) is 7.95. The van der Waals surface area contributed by atoms with Gasteiger partial charge >= 0.3 is 0 Å². The molecule has 0 fully saturated rings. The summed E-state index contributed by atoms with van der Waals surface area (Å²) in [6.07, 6.45) is 1.24. The highest BCUT2D eigenvalue weighted by Gasteiger charge is 2.16. The Hall–Kier alpha value is -4.36. The van der Waals surface area contributed by atoms with Crippen LogP contribution in [0.1, 0.15) is 5.69 Å². The van der Waals surface area contributed by atoms with Gasteiger partial charge in [-0.2, -0.15) is 5.10 Å². The van der Waals surface area contributed by atoms with Crippen molar-refractivity contribution in [3.63, 3.8) is 0 Å². The fourth-order valence-electron chi connectivity index (χ4n) is 3.50. The zero-order chi connectivity index (χ0) is 26.9. The van der Waals surface area contributed by atoms with E-state index in [0.717, 1.165) is 6.07 Å². The quantitative estimate of drug-likeness (QED) is 0.223. The van der Waals surface area contributed by atoms with Gasteiger partial charge in [-0.05, 0) is 12.1 Å². The van der Waals surface area contributed by atoms with Crippen LogP contribution in [0.3, 0.4) is 0 Å². The molecule has 2 heterocycles. The van der Waals surface area contributed by atoms with Gasteiger partial charge in [-0.15, -0.1) is 0 Å². The maximum Gasteiger partial charge on any atom is 0.230 e. The van der Waals surface area contributed by atoms with Crippen molar-refractivity contribution in [2.75, 3.05) is 51.3 Å². The van der Waals surface area contributed by atoms with Gasteiger partial charge in [0.1, 0.15) is 36.9 Å². The molecule has 4 rings (SSSR count). The van der Waals surface area contributed by atoms with Gasteiger partial charge in [-0.25, -0.2) is 18.7 Å². The zero-order valence-corrected chi connectivity index (χ0v) is 20.7. The Labute approximate surface area is 216 Å². The lowest BCUT2D eigenvalue weighted by molar-refractivity contribution is -0.115. The number of aromatic nitrogens is 4. The number of hydrogen-bond acceptors (Lipinski definition) is 9. The minimum atomic E-state index is -1.13. The maximum atomic E-state index is 13.8. The number of H-pyrrole nitrogens is 1. The number of carbonyl (C=O) groups is 1. The Morgan fingerprint density at radius 2 is 1.79 bits per heavy atom. The standard InChI is InChI=1S/C25H26F2N6O5/c1-35-6-8-37-16-12-19-23(20(13-16)38-9-7-36-2)25(29-14-28-19)31-21-10-15(32-33-21)11-22(34)30-18-5-3-4-17(26)24(18)27/h3-5,10,12-14H,6-9,11H2,1-2H3,(H,30,34)(H2,28,29,31,32,33). The van der Waals surface area contributed by atoms with E-state index in [9.17, 15) is 13.6 Å². The first-order valence-electron chi connectivity index (χ1n) is 11.6. The molecule has 3 N–H and O–H groups in total. The van der Waals surface area contributed by atoms with Gasteiger partial charge in [-0.3, -0.25) is 9.89 Å². The molecule has 11 nitrogen and oxygen atoms in total. The molecule has 0 radical (unpaired) electrons. The lowest BCUT2D eigenvalue weighted by Crippen LogP contribution is -2.16. The predicted molar refractivity (Wildman–Crippen MR) is 135 cm³/mol. The van der Waals surface area contributed by atoms with Crippen LogP contribution in [0.4, 0.5) is 26.1 Å².